The third-order valence-corrected chi connectivity index (χ3v) is 3.70. The van der Waals surface area contributed by atoms with Crippen molar-refractivity contribution in [2.45, 2.75) is 19.4 Å². The Bertz CT molecular complexity index is 785. The summed E-state index contributed by atoms with van der Waals surface area (Å²) in [5.41, 5.74) is 7.23. The second kappa shape index (κ2) is 8.66. The minimum Gasteiger partial charge on any atom is -0.484 e. The molecule has 2 aromatic carbocycles. The molecule has 1 unspecified atom stereocenters. The molecule has 0 heterocycles. The van der Waals surface area contributed by atoms with Crippen LogP contribution in [0.4, 0.5) is 0 Å². The minimum atomic E-state index is -1.01. The van der Waals surface area contributed by atoms with Crippen molar-refractivity contribution in [3.8, 4) is 5.75 Å². The summed E-state index contributed by atoms with van der Waals surface area (Å²) in [5.74, 6) is -1.62. The number of hydrogen-bond donors (Lipinski definition) is 3. The largest absolute Gasteiger partial charge is 0.484 e. The van der Waals surface area contributed by atoms with Gasteiger partial charge in [0.2, 0.25) is 5.91 Å². The molecule has 0 spiro atoms. The van der Waals surface area contributed by atoms with Gasteiger partial charge in [0.25, 0.3) is 5.91 Å². The molecule has 26 heavy (non-hydrogen) atoms. The molecule has 4 N–H and O–H groups in total. The lowest BCUT2D eigenvalue weighted by Crippen LogP contribution is -2.33. The highest BCUT2D eigenvalue weighted by Crippen LogP contribution is 2.18. The van der Waals surface area contributed by atoms with Crippen LogP contribution in [0.2, 0.25) is 0 Å². The molecule has 0 radical (unpaired) electrons. The van der Waals surface area contributed by atoms with Crippen LogP contribution in [0.5, 0.6) is 5.75 Å². The molecular weight excluding hydrogens is 336 g/mol. The molecule has 7 heteroatoms. The Labute approximate surface area is 150 Å². The zero-order valence-corrected chi connectivity index (χ0v) is 14.3. The van der Waals surface area contributed by atoms with Crippen LogP contribution in [0.25, 0.3) is 0 Å². The van der Waals surface area contributed by atoms with Crippen molar-refractivity contribution >= 4 is 17.8 Å². The third kappa shape index (κ3) is 5.62. The number of nitrogens with two attached hydrogens (primary N) is 1. The molecule has 0 aliphatic rings. The number of aryl methyl sites for hydroxylation is 1. The number of primary amides is 1. The summed E-state index contributed by atoms with van der Waals surface area (Å²) in [4.78, 5) is 34.2. The van der Waals surface area contributed by atoms with Crippen molar-refractivity contribution in [1.82, 2.24) is 5.32 Å². The molecule has 0 aliphatic carbocycles. The van der Waals surface area contributed by atoms with Gasteiger partial charge in [-0.05, 0) is 36.8 Å². The van der Waals surface area contributed by atoms with Crippen LogP contribution in [0, 0.1) is 6.92 Å². The Kier molecular flexibility index (Phi) is 6.32. The fourth-order valence-corrected chi connectivity index (χ4v) is 2.33. The molecule has 0 saturated heterocycles. The van der Waals surface area contributed by atoms with Crippen molar-refractivity contribution in [2.75, 3.05) is 6.61 Å². The number of aliphatic carboxylic acids is 1. The quantitative estimate of drug-likeness (QED) is 0.666. The van der Waals surface area contributed by atoms with E-state index in [1.807, 2.05) is 19.1 Å². The number of carbonyl (C=O) groups is 3. The van der Waals surface area contributed by atoms with Crippen molar-refractivity contribution < 1.29 is 24.2 Å². The number of nitrogens with one attached hydrogen (secondary N) is 1. The van der Waals surface area contributed by atoms with Gasteiger partial charge in [0, 0.05) is 5.56 Å². The van der Waals surface area contributed by atoms with Gasteiger partial charge in [0.15, 0.2) is 6.61 Å². The maximum atomic E-state index is 12.1. The number of amides is 2. The number of benzene rings is 2. The Morgan fingerprint density at radius 3 is 2.23 bits per heavy atom. The Morgan fingerprint density at radius 1 is 1.08 bits per heavy atom. The van der Waals surface area contributed by atoms with Crippen LogP contribution < -0.4 is 15.8 Å². The van der Waals surface area contributed by atoms with E-state index in [4.69, 9.17) is 15.6 Å². The smallest absolute Gasteiger partial charge is 0.305 e. The van der Waals surface area contributed by atoms with Crippen LogP contribution in [0.3, 0.4) is 0 Å². The number of carboxylic acids is 1. The van der Waals surface area contributed by atoms with Crippen molar-refractivity contribution in [2.24, 2.45) is 5.73 Å². The first-order valence-corrected chi connectivity index (χ1v) is 7.95. The SMILES string of the molecule is Cc1ccc(C(CC(=O)O)NC(=O)COc2ccc(C(N)=O)cc2)cc1. The van der Waals surface area contributed by atoms with E-state index in [1.54, 1.807) is 12.1 Å². The second-order valence-electron chi connectivity index (χ2n) is 5.81. The first kappa shape index (κ1) is 19.0. The van der Waals surface area contributed by atoms with Gasteiger partial charge in [-0.2, -0.15) is 0 Å². The van der Waals surface area contributed by atoms with E-state index in [2.05, 4.69) is 5.32 Å². The number of hydrogen-bond acceptors (Lipinski definition) is 4. The molecule has 0 fully saturated rings. The Hall–Kier alpha value is -3.35. The van der Waals surface area contributed by atoms with E-state index < -0.39 is 23.8 Å². The third-order valence-electron chi connectivity index (χ3n) is 3.70. The van der Waals surface area contributed by atoms with Gasteiger partial charge >= 0.3 is 5.97 Å². The number of carboxylic acid groups (broad SMARTS) is 1. The molecule has 1 atom stereocenters. The van der Waals surface area contributed by atoms with Gasteiger partial charge in [-0.15, -0.1) is 0 Å². The summed E-state index contributed by atoms with van der Waals surface area (Å²) in [6.45, 7) is 1.64. The summed E-state index contributed by atoms with van der Waals surface area (Å²) >= 11 is 0. The molecule has 0 saturated carbocycles. The van der Waals surface area contributed by atoms with E-state index in [1.165, 1.54) is 24.3 Å². The zero-order chi connectivity index (χ0) is 19.1. The predicted octanol–water partition coefficient (Wildman–Crippen LogP) is 1.80. The maximum absolute atomic E-state index is 12.1. The lowest BCUT2D eigenvalue weighted by Gasteiger charge is -2.18. The Morgan fingerprint density at radius 2 is 1.69 bits per heavy atom. The molecule has 2 amide bonds. The number of rotatable bonds is 8. The second-order valence-corrected chi connectivity index (χ2v) is 5.81. The van der Waals surface area contributed by atoms with Gasteiger partial charge in [0.1, 0.15) is 5.75 Å². The minimum absolute atomic E-state index is 0.234. The van der Waals surface area contributed by atoms with Crippen LogP contribution in [0.1, 0.15) is 33.9 Å². The highest BCUT2D eigenvalue weighted by molar-refractivity contribution is 5.92. The van der Waals surface area contributed by atoms with E-state index in [0.717, 1.165) is 5.56 Å². The van der Waals surface area contributed by atoms with Crippen molar-refractivity contribution in [3.63, 3.8) is 0 Å². The molecule has 2 rings (SSSR count). The molecule has 7 nitrogen and oxygen atoms in total. The van der Waals surface area contributed by atoms with E-state index in [-0.39, 0.29) is 13.0 Å². The lowest BCUT2D eigenvalue weighted by atomic mass is 10.0. The summed E-state index contributed by atoms with van der Waals surface area (Å²) in [7, 11) is 0. The first-order chi connectivity index (χ1) is 12.3. The predicted molar refractivity (Wildman–Crippen MR) is 94.8 cm³/mol. The zero-order valence-electron chi connectivity index (χ0n) is 14.3. The van der Waals surface area contributed by atoms with Gasteiger partial charge in [-0.25, -0.2) is 0 Å². The van der Waals surface area contributed by atoms with Crippen molar-refractivity contribution in [1.29, 1.82) is 0 Å². The molecule has 2 aromatic rings. The monoisotopic (exact) mass is 356 g/mol. The fraction of sp³-hybridized carbons (Fsp3) is 0.211. The summed E-state index contributed by atoms with van der Waals surface area (Å²) in [6, 6.07) is 12.7. The first-order valence-electron chi connectivity index (χ1n) is 7.95. The average Bonchev–Trinajstić information content (AvgIpc) is 2.60. The lowest BCUT2D eigenvalue weighted by molar-refractivity contribution is -0.137. The van der Waals surface area contributed by atoms with E-state index in [9.17, 15) is 14.4 Å². The molecule has 0 bridgehead atoms. The maximum Gasteiger partial charge on any atom is 0.305 e. The number of carbonyl (C=O) groups excluding carboxylic acids is 2. The van der Waals surface area contributed by atoms with E-state index >= 15 is 0 Å². The van der Waals surface area contributed by atoms with Gasteiger partial charge in [-0.1, -0.05) is 29.8 Å². The molecule has 0 aliphatic heterocycles. The molecule has 136 valence electrons. The summed E-state index contributed by atoms with van der Waals surface area (Å²) < 4.78 is 5.35. The fourth-order valence-electron chi connectivity index (χ4n) is 2.33. The standard InChI is InChI=1S/C19H20N2O5/c1-12-2-4-13(5-3-12)16(10-18(23)24)21-17(22)11-26-15-8-6-14(7-9-15)19(20)25/h2-9,16H,10-11H2,1H3,(H2,20,25)(H,21,22)(H,23,24). The van der Waals surface area contributed by atoms with Gasteiger partial charge < -0.3 is 20.9 Å². The van der Waals surface area contributed by atoms with Gasteiger partial charge in [0.05, 0.1) is 12.5 Å². The summed E-state index contributed by atoms with van der Waals surface area (Å²) in [6.07, 6.45) is -0.234. The summed E-state index contributed by atoms with van der Waals surface area (Å²) in [5, 5.41) is 11.7. The normalized spacial score (nSPS) is 11.4. The van der Waals surface area contributed by atoms with Crippen LogP contribution >= 0.6 is 0 Å². The van der Waals surface area contributed by atoms with Gasteiger partial charge in [-0.3, -0.25) is 14.4 Å². The van der Waals surface area contributed by atoms with Crippen LogP contribution in [-0.4, -0.2) is 29.5 Å². The topological polar surface area (TPSA) is 119 Å². The van der Waals surface area contributed by atoms with Crippen LogP contribution in [-0.2, 0) is 9.59 Å². The van der Waals surface area contributed by atoms with Crippen molar-refractivity contribution in [3.05, 3.63) is 65.2 Å². The highest BCUT2D eigenvalue weighted by atomic mass is 16.5. The average molecular weight is 356 g/mol. The Balaban J connectivity index is 1.97. The highest BCUT2D eigenvalue weighted by Gasteiger charge is 2.18. The van der Waals surface area contributed by atoms with E-state index in [0.29, 0.717) is 16.9 Å². The molecule has 0 aromatic heterocycles. The molecular formula is C19H20N2O5. The van der Waals surface area contributed by atoms with Crippen LogP contribution in [0.15, 0.2) is 48.5 Å². The number of ether oxygens (including phenoxy) is 1.